The number of nitrogens with one attached hydrogen (secondary N) is 3. The van der Waals surface area contributed by atoms with Gasteiger partial charge < -0.3 is 20.5 Å². The summed E-state index contributed by atoms with van der Waals surface area (Å²) in [5.74, 6) is -0.355. The molecule has 0 spiro atoms. The molecule has 0 aliphatic carbocycles. The number of nitrogens with zero attached hydrogens (tertiary/aromatic N) is 2. The van der Waals surface area contributed by atoms with Gasteiger partial charge in [-0.2, -0.15) is 0 Å². The number of carbonyl (C=O) groups is 2. The Labute approximate surface area is 195 Å². The van der Waals surface area contributed by atoms with Crippen molar-refractivity contribution >= 4 is 41.0 Å². The van der Waals surface area contributed by atoms with Gasteiger partial charge in [0.2, 0.25) is 0 Å². The molecular weight excluding hydrogens is 446 g/mol. The van der Waals surface area contributed by atoms with Crippen molar-refractivity contribution in [2.24, 2.45) is 0 Å². The summed E-state index contributed by atoms with van der Waals surface area (Å²) in [6, 6.07) is 15.9. The van der Waals surface area contributed by atoms with Gasteiger partial charge in [0, 0.05) is 12.2 Å². The van der Waals surface area contributed by atoms with E-state index in [1.54, 1.807) is 37.4 Å². The van der Waals surface area contributed by atoms with Crippen molar-refractivity contribution in [3.8, 4) is 0 Å². The summed E-state index contributed by atoms with van der Waals surface area (Å²) in [4.78, 5) is 30.2. The lowest BCUT2D eigenvalue weighted by Gasteiger charge is -2.29. The minimum absolute atomic E-state index is 0.355. The minimum atomic E-state index is -0.677. The van der Waals surface area contributed by atoms with Gasteiger partial charge in [-0.15, -0.1) is 0 Å². The van der Waals surface area contributed by atoms with Crippen molar-refractivity contribution in [3.63, 3.8) is 0 Å². The maximum atomic E-state index is 13.3. The highest BCUT2D eigenvalue weighted by Gasteiger charge is 2.34. The summed E-state index contributed by atoms with van der Waals surface area (Å²) < 4.78 is 2.02. The fraction of sp³-hybridized carbons (Fsp3) is 0.174. The van der Waals surface area contributed by atoms with E-state index in [4.69, 9.17) is 11.6 Å². The molecular formula is C23H22ClN5O2S. The molecule has 164 valence electrons. The molecule has 7 nitrogen and oxygen atoms in total. The van der Waals surface area contributed by atoms with E-state index in [2.05, 4.69) is 20.9 Å². The number of para-hydroxylation sites is 1. The van der Waals surface area contributed by atoms with Gasteiger partial charge in [0.25, 0.3) is 5.91 Å². The standard InChI is InChI=1S/C23H22ClN5O2S/c1-14-19(21(30)27-17-11-7-6-10-16(17)24)20(28-22(31)26-14)18-12-25-23(32-2)29(18)13-15-8-4-3-5-9-15/h3-12,20H,13H2,1-2H3,(H,27,30)(H2,26,28,31). The topological polar surface area (TPSA) is 88.1 Å². The number of benzene rings is 2. The molecule has 0 saturated carbocycles. The number of hydrogen-bond donors (Lipinski definition) is 3. The number of hydrogen-bond acceptors (Lipinski definition) is 4. The number of urea groups is 1. The van der Waals surface area contributed by atoms with Crippen LogP contribution in [0.25, 0.3) is 0 Å². The van der Waals surface area contributed by atoms with Crippen molar-refractivity contribution in [3.05, 3.63) is 88.3 Å². The zero-order valence-electron chi connectivity index (χ0n) is 17.6. The van der Waals surface area contributed by atoms with Crippen molar-refractivity contribution in [1.82, 2.24) is 20.2 Å². The minimum Gasteiger partial charge on any atom is -0.325 e. The van der Waals surface area contributed by atoms with Crippen LogP contribution >= 0.6 is 23.4 Å². The van der Waals surface area contributed by atoms with Crippen LogP contribution in [0.15, 0.2) is 77.2 Å². The van der Waals surface area contributed by atoms with E-state index in [-0.39, 0.29) is 11.9 Å². The van der Waals surface area contributed by atoms with E-state index < -0.39 is 6.04 Å². The van der Waals surface area contributed by atoms with E-state index in [1.165, 1.54) is 11.8 Å². The molecule has 3 amide bonds. The quantitative estimate of drug-likeness (QED) is 0.463. The van der Waals surface area contributed by atoms with Gasteiger partial charge in [-0.25, -0.2) is 9.78 Å². The second-order valence-electron chi connectivity index (χ2n) is 7.25. The van der Waals surface area contributed by atoms with Crippen LogP contribution in [0.3, 0.4) is 0 Å². The SMILES string of the molecule is CSc1ncc(C2NC(=O)NC(C)=C2C(=O)Nc2ccccc2Cl)n1Cc1ccccc1. The zero-order chi connectivity index (χ0) is 22.7. The average Bonchev–Trinajstić information content (AvgIpc) is 3.17. The Bertz CT molecular complexity index is 1190. The van der Waals surface area contributed by atoms with E-state index in [0.29, 0.717) is 28.5 Å². The third-order valence-corrected chi connectivity index (χ3v) is 6.17. The highest BCUT2D eigenvalue weighted by Crippen LogP contribution is 2.31. The molecule has 1 aliphatic heterocycles. The Morgan fingerprint density at radius 2 is 1.91 bits per heavy atom. The Balaban J connectivity index is 1.73. The summed E-state index contributed by atoms with van der Waals surface area (Å²) >= 11 is 7.73. The Morgan fingerprint density at radius 3 is 2.62 bits per heavy atom. The predicted molar refractivity (Wildman–Crippen MR) is 127 cm³/mol. The number of aromatic nitrogens is 2. The predicted octanol–water partition coefficient (Wildman–Crippen LogP) is 4.57. The second kappa shape index (κ2) is 9.50. The van der Waals surface area contributed by atoms with Crippen LogP contribution in [0, 0.1) is 0 Å². The first-order valence-electron chi connectivity index (χ1n) is 9.95. The van der Waals surface area contributed by atoms with Gasteiger partial charge in [0.1, 0.15) is 6.04 Å². The van der Waals surface area contributed by atoms with E-state index in [0.717, 1.165) is 16.4 Å². The summed E-state index contributed by atoms with van der Waals surface area (Å²) in [5, 5.41) is 9.67. The highest BCUT2D eigenvalue weighted by molar-refractivity contribution is 7.98. The first-order chi connectivity index (χ1) is 15.5. The zero-order valence-corrected chi connectivity index (χ0v) is 19.1. The van der Waals surface area contributed by atoms with Gasteiger partial charge in [0.05, 0.1) is 28.2 Å². The number of amides is 3. The van der Waals surface area contributed by atoms with Crippen LogP contribution < -0.4 is 16.0 Å². The lowest BCUT2D eigenvalue weighted by Crippen LogP contribution is -2.46. The van der Waals surface area contributed by atoms with Crippen molar-refractivity contribution in [2.45, 2.75) is 24.7 Å². The van der Waals surface area contributed by atoms with Gasteiger partial charge in [0.15, 0.2) is 5.16 Å². The molecule has 2 heterocycles. The largest absolute Gasteiger partial charge is 0.325 e. The fourth-order valence-electron chi connectivity index (χ4n) is 3.66. The lowest BCUT2D eigenvalue weighted by atomic mass is 9.99. The molecule has 0 saturated heterocycles. The molecule has 3 N–H and O–H groups in total. The summed E-state index contributed by atoms with van der Waals surface area (Å²) in [5.41, 5.74) is 3.17. The summed E-state index contributed by atoms with van der Waals surface area (Å²) in [7, 11) is 0. The van der Waals surface area contributed by atoms with Crippen molar-refractivity contribution < 1.29 is 9.59 Å². The summed E-state index contributed by atoms with van der Waals surface area (Å²) in [6.07, 6.45) is 3.65. The number of rotatable bonds is 6. The van der Waals surface area contributed by atoms with E-state index >= 15 is 0 Å². The number of allylic oxidation sites excluding steroid dienone is 1. The molecule has 9 heteroatoms. The third-order valence-electron chi connectivity index (χ3n) is 5.15. The highest BCUT2D eigenvalue weighted by atomic mass is 35.5. The molecule has 0 radical (unpaired) electrons. The molecule has 0 bridgehead atoms. The van der Waals surface area contributed by atoms with E-state index in [9.17, 15) is 9.59 Å². The molecule has 1 unspecified atom stereocenters. The number of halogens is 1. The molecule has 1 atom stereocenters. The molecule has 2 aromatic carbocycles. The van der Waals surface area contributed by atoms with Gasteiger partial charge in [-0.3, -0.25) is 4.79 Å². The number of thioether (sulfide) groups is 1. The summed E-state index contributed by atoms with van der Waals surface area (Å²) in [6.45, 7) is 2.27. The van der Waals surface area contributed by atoms with Crippen molar-refractivity contribution in [2.75, 3.05) is 11.6 Å². The first-order valence-corrected chi connectivity index (χ1v) is 11.6. The molecule has 0 fully saturated rings. The maximum Gasteiger partial charge on any atom is 0.319 e. The Hall–Kier alpha value is -3.23. The smallest absolute Gasteiger partial charge is 0.319 e. The van der Waals surface area contributed by atoms with Gasteiger partial charge in [-0.05, 0) is 30.9 Å². The molecule has 1 aromatic heterocycles. The van der Waals surface area contributed by atoms with Crippen LogP contribution in [0.1, 0.15) is 24.2 Å². The second-order valence-corrected chi connectivity index (χ2v) is 8.43. The van der Waals surface area contributed by atoms with Crippen LogP contribution in [-0.4, -0.2) is 27.7 Å². The van der Waals surface area contributed by atoms with Crippen LogP contribution in [0.2, 0.25) is 5.02 Å². The van der Waals surface area contributed by atoms with E-state index in [1.807, 2.05) is 41.2 Å². The monoisotopic (exact) mass is 467 g/mol. The van der Waals surface area contributed by atoms with Crippen LogP contribution in [0.4, 0.5) is 10.5 Å². The Morgan fingerprint density at radius 1 is 1.19 bits per heavy atom. The lowest BCUT2D eigenvalue weighted by molar-refractivity contribution is -0.113. The van der Waals surface area contributed by atoms with Gasteiger partial charge >= 0.3 is 6.03 Å². The number of imidazole rings is 1. The molecule has 3 aromatic rings. The number of anilines is 1. The first kappa shape index (κ1) is 22.0. The third kappa shape index (κ3) is 4.51. The fourth-order valence-corrected chi connectivity index (χ4v) is 4.39. The van der Waals surface area contributed by atoms with Gasteiger partial charge in [-0.1, -0.05) is 65.8 Å². The Kier molecular flexibility index (Phi) is 6.53. The number of carbonyl (C=O) groups excluding carboxylic acids is 2. The molecule has 1 aliphatic rings. The maximum absolute atomic E-state index is 13.3. The van der Waals surface area contributed by atoms with Crippen LogP contribution in [0.5, 0.6) is 0 Å². The average molecular weight is 468 g/mol. The molecule has 32 heavy (non-hydrogen) atoms. The molecule has 4 rings (SSSR count). The van der Waals surface area contributed by atoms with Crippen LogP contribution in [-0.2, 0) is 11.3 Å². The normalized spacial score (nSPS) is 15.8. The van der Waals surface area contributed by atoms with Crippen molar-refractivity contribution in [1.29, 1.82) is 0 Å².